The minimum atomic E-state index is -0.114. The summed E-state index contributed by atoms with van der Waals surface area (Å²) in [5.74, 6) is -0.170. The van der Waals surface area contributed by atoms with Crippen molar-refractivity contribution in [1.29, 1.82) is 0 Å². The Morgan fingerprint density at radius 1 is 0.409 bits per heavy atom. The second-order valence-corrected chi connectivity index (χ2v) is 13.9. The van der Waals surface area contributed by atoms with Crippen molar-refractivity contribution in [2.24, 2.45) is 11.8 Å². The average molecular weight is 617 g/mol. The molecule has 0 N–H and O–H groups in total. The lowest BCUT2D eigenvalue weighted by molar-refractivity contribution is -0.141. The zero-order valence-electron chi connectivity index (χ0n) is 28.9. The SMILES string of the molecule is CCCCCCCCCCCCC1CC(=O)N(CCCCCCN2C(=O)CC(CCCCCCCCCCCC)C2=O)C1=O. The molecule has 0 spiro atoms. The van der Waals surface area contributed by atoms with Gasteiger partial charge in [0.2, 0.25) is 23.6 Å². The number of rotatable bonds is 29. The van der Waals surface area contributed by atoms with Gasteiger partial charge in [0, 0.05) is 37.8 Å². The molecule has 2 fully saturated rings. The monoisotopic (exact) mass is 617 g/mol. The van der Waals surface area contributed by atoms with Crippen molar-refractivity contribution in [3.05, 3.63) is 0 Å². The lowest BCUT2D eigenvalue weighted by Gasteiger charge is -2.16. The lowest BCUT2D eigenvalue weighted by Crippen LogP contribution is -2.32. The number of hydrogen-bond donors (Lipinski definition) is 0. The van der Waals surface area contributed by atoms with E-state index in [9.17, 15) is 19.2 Å². The van der Waals surface area contributed by atoms with Crippen molar-refractivity contribution < 1.29 is 19.2 Å². The zero-order valence-corrected chi connectivity index (χ0v) is 28.9. The van der Waals surface area contributed by atoms with Crippen LogP contribution in [0.15, 0.2) is 0 Å². The highest BCUT2D eigenvalue weighted by Gasteiger charge is 2.38. The van der Waals surface area contributed by atoms with Crippen molar-refractivity contribution in [1.82, 2.24) is 9.80 Å². The highest BCUT2D eigenvalue weighted by atomic mass is 16.2. The Kier molecular flexibility index (Phi) is 21.4. The van der Waals surface area contributed by atoms with Crippen LogP contribution in [0.3, 0.4) is 0 Å². The van der Waals surface area contributed by atoms with Gasteiger partial charge in [-0.2, -0.15) is 0 Å². The summed E-state index contributed by atoms with van der Waals surface area (Å²) in [4.78, 5) is 53.6. The van der Waals surface area contributed by atoms with Gasteiger partial charge in [0.25, 0.3) is 0 Å². The molecule has 4 amide bonds. The zero-order chi connectivity index (χ0) is 31.8. The van der Waals surface area contributed by atoms with Crippen molar-refractivity contribution in [3.8, 4) is 0 Å². The fraction of sp³-hybridized carbons (Fsp3) is 0.895. The Morgan fingerprint density at radius 2 is 0.682 bits per heavy atom. The number of unbranched alkanes of at least 4 members (excludes halogenated alkanes) is 21. The number of amides is 4. The van der Waals surface area contributed by atoms with E-state index in [1.807, 2.05) is 0 Å². The topological polar surface area (TPSA) is 74.8 Å². The molecule has 2 aliphatic rings. The summed E-state index contributed by atoms with van der Waals surface area (Å²) >= 11 is 0. The summed E-state index contributed by atoms with van der Waals surface area (Å²) < 4.78 is 0. The maximum atomic E-state index is 12.8. The second kappa shape index (κ2) is 24.5. The number of imide groups is 2. The van der Waals surface area contributed by atoms with Crippen molar-refractivity contribution in [2.75, 3.05) is 13.1 Å². The van der Waals surface area contributed by atoms with E-state index in [1.54, 1.807) is 0 Å². The molecule has 2 aliphatic heterocycles. The predicted octanol–water partition coefficient (Wildman–Crippen LogP) is 9.92. The van der Waals surface area contributed by atoms with Gasteiger partial charge in [-0.1, -0.05) is 155 Å². The molecule has 2 saturated heterocycles. The Morgan fingerprint density at radius 3 is 1.00 bits per heavy atom. The molecule has 0 aromatic heterocycles. The van der Waals surface area contributed by atoms with Crippen molar-refractivity contribution >= 4 is 23.6 Å². The molecule has 0 bridgehead atoms. The molecule has 0 aromatic rings. The second-order valence-electron chi connectivity index (χ2n) is 13.9. The molecule has 2 heterocycles. The molecule has 0 aromatic carbocycles. The van der Waals surface area contributed by atoms with Gasteiger partial charge < -0.3 is 0 Å². The van der Waals surface area contributed by atoms with E-state index in [0.29, 0.717) is 25.9 Å². The number of nitrogens with zero attached hydrogens (tertiary/aromatic N) is 2. The van der Waals surface area contributed by atoms with Crippen LogP contribution in [0.4, 0.5) is 0 Å². The first-order valence-corrected chi connectivity index (χ1v) is 19.2. The Bertz CT molecular complexity index is 747. The number of carbonyl (C=O) groups is 4. The molecule has 0 aliphatic carbocycles. The molecule has 6 nitrogen and oxygen atoms in total. The predicted molar refractivity (Wildman–Crippen MR) is 181 cm³/mol. The van der Waals surface area contributed by atoms with E-state index < -0.39 is 0 Å². The van der Waals surface area contributed by atoms with Crippen LogP contribution in [0.2, 0.25) is 0 Å². The molecule has 0 radical (unpaired) electrons. The lowest BCUT2D eigenvalue weighted by atomic mass is 9.98. The minimum absolute atomic E-state index is 0.00575. The maximum Gasteiger partial charge on any atom is 0.232 e. The quantitative estimate of drug-likeness (QED) is 0.0619. The van der Waals surface area contributed by atoms with Crippen LogP contribution >= 0.6 is 0 Å². The molecular weight excluding hydrogens is 548 g/mol. The number of hydrogen-bond acceptors (Lipinski definition) is 4. The van der Waals surface area contributed by atoms with Crippen LogP contribution < -0.4 is 0 Å². The minimum Gasteiger partial charge on any atom is -0.282 e. The summed E-state index contributed by atoms with van der Waals surface area (Å²) in [7, 11) is 0. The van der Waals surface area contributed by atoms with Crippen LogP contribution in [0.1, 0.15) is 194 Å². The van der Waals surface area contributed by atoms with Crippen LogP contribution in [0, 0.1) is 11.8 Å². The summed E-state index contributed by atoms with van der Waals surface area (Å²) in [5, 5.41) is 0. The first-order chi connectivity index (χ1) is 21.5. The third kappa shape index (κ3) is 15.5. The third-order valence-corrected chi connectivity index (χ3v) is 10.0. The van der Waals surface area contributed by atoms with Gasteiger partial charge >= 0.3 is 0 Å². The van der Waals surface area contributed by atoms with E-state index >= 15 is 0 Å². The van der Waals surface area contributed by atoms with Gasteiger partial charge in [0.1, 0.15) is 0 Å². The Balaban J connectivity index is 1.47. The normalized spacial score (nSPS) is 18.9. The average Bonchev–Trinajstić information content (AvgIpc) is 3.44. The molecular formula is C38H68N2O4. The van der Waals surface area contributed by atoms with Crippen molar-refractivity contribution in [3.63, 3.8) is 0 Å². The van der Waals surface area contributed by atoms with Gasteiger partial charge in [0.15, 0.2) is 0 Å². The fourth-order valence-electron chi connectivity index (χ4n) is 7.07. The number of likely N-dealkylation sites (tertiary alicyclic amines) is 2. The molecule has 2 unspecified atom stereocenters. The largest absolute Gasteiger partial charge is 0.282 e. The first kappa shape index (κ1) is 38.5. The van der Waals surface area contributed by atoms with Crippen LogP contribution in [-0.4, -0.2) is 46.5 Å². The van der Waals surface area contributed by atoms with Gasteiger partial charge in [-0.15, -0.1) is 0 Å². The van der Waals surface area contributed by atoms with Gasteiger partial charge in [0.05, 0.1) is 0 Å². The van der Waals surface area contributed by atoms with Crippen molar-refractivity contribution in [2.45, 2.75) is 194 Å². The molecule has 254 valence electrons. The summed E-state index contributed by atoms with van der Waals surface area (Å²) in [6.45, 7) is 5.52. The van der Waals surface area contributed by atoms with E-state index in [-0.39, 0.29) is 35.5 Å². The summed E-state index contributed by atoms with van der Waals surface area (Å²) in [6, 6.07) is 0. The van der Waals surface area contributed by atoms with Crippen LogP contribution in [0.5, 0.6) is 0 Å². The van der Waals surface area contributed by atoms with Gasteiger partial charge in [-0.05, 0) is 25.7 Å². The van der Waals surface area contributed by atoms with E-state index in [1.165, 1.54) is 113 Å². The fourth-order valence-corrected chi connectivity index (χ4v) is 7.07. The van der Waals surface area contributed by atoms with Gasteiger partial charge in [-0.25, -0.2) is 0 Å². The standard InChI is InChI=1S/C38H68N2O4/c1-3-5-7-9-11-13-15-17-19-23-27-33-31-35(41)39(37(33)43)29-25-21-22-26-30-40-36(42)32-34(38(40)44)28-24-20-18-16-14-12-10-8-6-4-2/h33-34H,3-32H2,1-2H3. The summed E-state index contributed by atoms with van der Waals surface area (Å²) in [6.07, 6.45) is 31.4. The highest BCUT2D eigenvalue weighted by Crippen LogP contribution is 2.27. The van der Waals surface area contributed by atoms with E-state index in [0.717, 1.165) is 64.2 Å². The molecule has 44 heavy (non-hydrogen) atoms. The van der Waals surface area contributed by atoms with Crippen LogP contribution in [0.25, 0.3) is 0 Å². The van der Waals surface area contributed by atoms with E-state index in [4.69, 9.17) is 0 Å². The molecule has 0 saturated carbocycles. The highest BCUT2D eigenvalue weighted by molar-refractivity contribution is 6.04. The number of carbonyl (C=O) groups excluding carboxylic acids is 4. The molecule has 2 rings (SSSR count). The first-order valence-electron chi connectivity index (χ1n) is 19.2. The molecule has 2 atom stereocenters. The smallest absolute Gasteiger partial charge is 0.232 e. The summed E-state index contributed by atoms with van der Waals surface area (Å²) in [5.41, 5.74) is 0. The molecule has 6 heteroatoms. The third-order valence-electron chi connectivity index (χ3n) is 10.0. The van der Waals surface area contributed by atoms with E-state index in [2.05, 4.69) is 13.8 Å². The van der Waals surface area contributed by atoms with Crippen LogP contribution in [-0.2, 0) is 19.2 Å². The van der Waals surface area contributed by atoms with Gasteiger partial charge in [-0.3, -0.25) is 29.0 Å². The Labute approximate surface area is 270 Å². The maximum absolute atomic E-state index is 12.8. The Hall–Kier alpha value is -1.72.